The van der Waals surface area contributed by atoms with E-state index in [1.54, 1.807) is 0 Å². The van der Waals surface area contributed by atoms with Crippen LogP contribution in [0.1, 0.15) is 52.4 Å². The van der Waals surface area contributed by atoms with Gasteiger partial charge < -0.3 is 29.4 Å². The maximum Gasteiger partial charge on any atom is 0.407 e. The molecule has 1 aromatic heterocycles. The van der Waals surface area contributed by atoms with Crippen molar-refractivity contribution in [1.29, 1.82) is 0 Å². The lowest BCUT2D eigenvalue weighted by atomic mass is 10.2. The number of unbranched alkanes of at least 4 members (excludes halogenated alkanes) is 2. The molecule has 1 amide bonds. The minimum absolute atomic E-state index is 0.0290. The molecular formula is C30H43N6O12P. The van der Waals surface area contributed by atoms with Gasteiger partial charge in [-0.15, -0.1) is 0 Å². The van der Waals surface area contributed by atoms with Gasteiger partial charge in [-0.05, 0) is 54.2 Å². The highest BCUT2D eigenvalue weighted by atomic mass is 31.2. The highest BCUT2D eigenvalue weighted by Crippen LogP contribution is 2.49. The molecule has 0 bridgehead atoms. The average Bonchev–Trinajstić information content (AvgIpc) is 3.58. The number of hydrogen-bond donors (Lipinski definition) is 2. The zero-order valence-corrected chi connectivity index (χ0v) is 28.5. The Morgan fingerprint density at radius 3 is 2.35 bits per heavy atom. The molecule has 49 heavy (non-hydrogen) atoms. The number of carbonyl (C=O) groups excluding carboxylic acids is 1. The maximum atomic E-state index is 13.8. The number of non-ortho nitro benzene ring substituents is 2. The van der Waals surface area contributed by atoms with Crippen molar-refractivity contribution in [3.8, 4) is 5.75 Å². The lowest BCUT2D eigenvalue weighted by molar-refractivity contribution is -0.384. The fourth-order valence-electron chi connectivity index (χ4n) is 4.24. The zero-order chi connectivity index (χ0) is 35.5. The van der Waals surface area contributed by atoms with Gasteiger partial charge >= 0.3 is 19.4 Å². The summed E-state index contributed by atoms with van der Waals surface area (Å²) in [4.78, 5) is 33.3. The summed E-state index contributed by atoms with van der Waals surface area (Å²) in [6.45, 7) is 5.87. The first kappa shape index (κ1) is 39.1. The van der Waals surface area contributed by atoms with E-state index in [1.165, 1.54) is 36.4 Å². The number of hydrogen-bond acceptors (Lipinski definition) is 15. The monoisotopic (exact) mass is 710 g/mol. The van der Waals surface area contributed by atoms with Crippen molar-refractivity contribution in [3.63, 3.8) is 0 Å². The van der Waals surface area contributed by atoms with Crippen LogP contribution in [0.2, 0.25) is 0 Å². The van der Waals surface area contributed by atoms with Crippen LogP contribution in [0.15, 0.2) is 41.0 Å². The summed E-state index contributed by atoms with van der Waals surface area (Å²) in [5.41, 5.74) is 0.374. The molecule has 2 atom stereocenters. The first-order valence-corrected chi connectivity index (χ1v) is 17.8. The Labute approximate surface area is 282 Å². The third-order valence-corrected chi connectivity index (χ3v) is 8.78. The Hall–Kier alpha value is -4.38. The van der Waals surface area contributed by atoms with Gasteiger partial charge in [0.25, 0.3) is 5.69 Å². The molecule has 0 saturated carbocycles. The van der Waals surface area contributed by atoms with Gasteiger partial charge in [-0.2, -0.15) is 0 Å². The predicted molar refractivity (Wildman–Crippen MR) is 178 cm³/mol. The quantitative estimate of drug-likeness (QED) is 0.0428. The van der Waals surface area contributed by atoms with Gasteiger partial charge in [-0.25, -0.2) is 14.0 Å². The van der Waals surface area contributed by atoms with Crippen LogP contribution < -0.4 is 15.2 Å². The van der Waals surface area contributed by atoms with Crippen LogP contribution in [-0.2, 0) is 23.3 Å². The predicted octanol–water partition coefficient (Wildman–Crippen LogP) is 6.25. The van der Waals surface area contributed by atoms with Crippen LogP contribution >= 0.6 is 7.60 Å². The molecule has 1 heterocycles. The lowest BCUT2D eigenvalue weighted by Gasteiger charge is -2.23. The molecule has 2 unspecified atom stereocenters. The molecule has 2 N–H and O–H groups in total. The molecule has 0 radical (unpaired) electrons. The van der Waals surface area contributed by atoms with Gasteiger partial charge in [0.2, 0.25) is 5.52 Å². The fraction of sp³-hybridized carbons (Fsp3) is 0.567. The molecule has 2 aromatic carbocycles. The topological polar surface area (TPSA) is 230 Å². The van der Waals surface area contributed by atoms with E-state index in [-0.39, 0.29) is 67.1 Å². The van der Waals surface area contributed by atoms with Crippen molar-refractivity contribution < 1.29 is 47.1 Å². The Morgan fingerprint density at radius 2 is 1.63 bits per heavy atom. The molecule has 3 aromatic rings. The minimum atomic E-state index is -3.84. The average molecular weight is 711 g/mol. The molecule has 0 spiro atoms. The number of anilines is 1. The number of alkyl carbamates (subject to hydrolysis) is 1. The smallest absolute Gasteiger partial charge is 0.407 e. The summed E-state index contributed by atoms with van der Waals surface area (Å²) in [6.07, 6.45) is 2.97. The molecular weight excluding hydrogens is 667 g/mol. The molecule has 0 aliphatic heterocycles. The van der Waals surface area contributed by atoms with E-state index < -0.39 is 29.6 Å². The SMILES string of the molecule is CCCCOCC(COP(=O)(CCCOC(=O)NCCCNc1ccc([N+](=O)[O-])c2nonc12)Oc1ccc([N+](=O)[O-])cc1)OCCCC. The van der Waals surface area contributed by atoms with E-state index in [1.807, 2.05) is 6.92 Å². The van der Waals surface area contributed by atoms with Gasteiger partial charge in [-0.1, -0.05) is 26.7 Å². The van der Waals surface area contributed by atoms with Crippen LogP contribution in [0.4, 0.5) is 21.9 Å². The molecule has 19 heteroatoms. The number of rotatable bonds is 25. The number of ether oxygens (including phenoxy) is 3. The Morgan fingerprint density at radius 1 is 0.898 bits per heavy atom. The Balaban J connectivity index is 1.47. The standard InChI is InChI=1S/C30H43N6O12P/c1-3-5-17-43-21-25(44-18-6-4-2)22-46-49(42,47-24-11-9-23(10-12-24)35(38)39)20-8-19-45-30(37)32-16-7-15-31-26-13-14-27(36(40)41)29-28(26)33-48-34-29/h9-14,25,31H,3-8,15-22H2,1-2H3,(H,32,37). The fourth-order valence-corrected chi connectivity index (χ4v) is 5.87. The van der Waals surface area contributed by atoms with Gasteiger partial charge in [0.1, 0.15) is 11.9 Å². The summed E-state index contributed by atoms with van der Waals surface area (Å²) >= 11 is 0. The number of nitro groups is 2. The lowest BCUT2D eigenvalue weighted by Crippen LogP contribution is -2.27. The van der Waals surface area contributed by atoms with Crippen LogP contribution in [0.5, 0.6) is 5.75 Å². The van der Waals surface area contributed by atoms with Crippen molar-refractivity contribution in [3.05, 3.63) is 56.6 Å². The molecule has 0 aliphatic carbocycles. The largest absolute Gasteiger partial charge is 0.450 e. The summed E-state index contributed by atoms with van der Waals surface area (Å²) in [5, 5.41) is 35.2. The second-order valence-electron chi connectivity index (χ2n) is 10.8. The minimum Gasteiger partial charge on any atom is -0.450 e. The number of carbonyl (C=O) groups is 1. The van der Waals surface area contributed by atoms with Crippen molar-refractivity contribution in [2.75, 3.05) is 57.6 Å². The van der Waals surface area contributed by atoms with E-state index in [0.29, 0.717) is 31.9 Å². The molecule has 270 valence electrons. The van der Waals surface area contributed by atoms with Crippen LogP contribution in [0.25, 0.3) is 11.0 Å². The second kappa shape index (κ2) is 20.9. The Kier molecular flexibility index (Phi) is 16.6. The summed E-state index contributed by atoms with van der Waals surface area (Å²) in [7, 11) is -3.84. The van der Waals surface area contributed by atoms with E-state index in [2.05, 4.69) is 32.5 Å². The number of nitrogens with zero attached hydrogens (tertiary/aromatic N) is 4. The van der Waals surface area contributed by atoms with E-state index in [9.17, 15) is 29.6 Å². The number of amides is 1. The van der Waals surface area contributed by atoms with Crippen molar-refractivity contribution in [2.45, 2.75) is 58.5 Å². The molecule has 0 saturated heterocycles. The molecule has 3 rings (SSSR count). The van der Waals surface area contributed by atoms with Gasteiger partial charge in [-0.3, -0.25) is 24.8 Å². The van der Waals surface area contributed by atoms with Crippen LogP contribution in [-0.4, -0.2) is 84.6 Å². The van der Waals surface area contributed by atoms with E-state index in [0.717, 1.165) is 25.7 Å². The molecule has 18 nitrogen and oxygen atoms in total. The summed E-state index contributed by atoms with van der Waals surface area (Å²) in [5.74, 6) is 0.123. The molecule has 0 aliphatic rings. The first-order chi connectivity index (χ1) is 23.7. The maximum absolute atomic E-state index is 13.8. The zero-order valence-electron chi connectivity index (χ0n) is 27.6. The first-order valence-electron chi connectivity index (χ1n) is 16.1. The van der Waals surface area contributed by atoms with Gasteiger partial charge in [0.15, 0.2) is 5.52 Å². The molecule has 0 fully saturated rings. The summed E-state index contributed by atoms with van der Waals surface area (Å²) < 4.78 is 46.9. The van der Waals surface area contributed by atoms with Crippen molar-refractivity contribution in [1.82, 2.24) is 15.6 Å². The summed E-state index contributed by atoms with van der Waals surface area (Å²) in [6, 6.07) is 7.94. The highest BCUT2D eigenvalue weighted by molar-refractivity contribution is 7.54. The normalized spacial score (nSPS) is 13.0. The van der Waals surface area contributed by atoms with Gasteiger partial charge in [0, 0.05) is 44.5 Å². The van der Waals surface area contributed by atoms with Gasteiger partial charge in [0.05, 0.1) is 41.5 Å². The van der Waals surface area contributed by atoms with Crippen LogP contribution in [0.3, 0.4) is 0 Å². The Bertz CT molecular complexity index is 1520. The highest BCUT2D eigenvalue weighted by Gasteiger charge is 2.29. The third kappa shape index (κ3) is 13.6. The van der Waals surface area contributed by atoms with Crippen molar-refractivity contribution in [2.24, 2.45) is 0 Å². The third-order valence-electron chi connectivity index (χ3n) is 6.89. The number of fused-ring (bicyclic) bond motifs is 1. The van der Waals surface area contributed by atoms with E-state index in [4.69, 9.17) is 23.3 Å². The number of nitro benzene ring substituents is 2. The second-order valence-corrected chi connectivity index (χ2v) is 12.9. The van der Waals surface area contributed by atoms with Crippen LogP contribution in [0, 0.1) is 20.2 Å². The van der Waals surface area contributed by atoms with E-state index >= 15 is 0 Å². The number of nitrogens with one attached hydrogen (secondary N) is 2. The van der Waals surface area contributed by atoms with Crippen molar-refractivity contribution >= 4 is 41.8 Å². The number of benzene rings is 2. The number of aromatic nitrogens is 2.